The van der Waals surface area contributed by atoms with Crippen molar-refractivity contribution in [1.29, 1.82) is 0 Å². The van der Waals surface area contributed by atoms with Gasteiger partial charge in [-0.15, -0.1) is 0 Å². The van der Waals surface area contributed by atoms with E-state index in [0.29, 0.717) is 22.9 Å². The van der Waals surface area contributed by atoms with Gasteiger partial charge in [0.15, 0.2) is 0 Å². The smallest absolute Gasteiger partial charge is 0.223 e. The Morgan fingerprint density at radius 1 is 1.41 bits per heavy atom. The van der Waals surface area contributed by atoms with Gasteiger partial charge in [0.05, 0.1) is 16.9 Å². The van der Waals surface area contributed by atoms with Crippen LogP contribution in [0.2, 0.25) is 5.02 Å². The van der Waals surface area contributed by atoms with Crippen molar-refractivity contribution in [3.05, 3.63) is 16.9 Å². The third kappa shape index (κ3) is 3.50. The molecule has 3 rings (SSSR count). The molecule has 7 heteroatoms. The molecule has 2 aliphatic heterocycles. The molecule has 1 aromatic heterocycles. The molecule has 2 N–H and O–H groups in total. The van der Waals surface area contributed by atoms with E-state index >= 15 is 0 Å². The standard InChI is InChI=1S/C15H22ClN5O/c1-10(22)21-6-3-12(4-7-21)19-15-18-9-13(16)14(20-15)11-2-5-17-8-11/h9,11-12,17H,2-8H2,1H3,(H,18,19,20). The third-order valence-corrected chi connectivity index (χ3v) is 4.78. The van der Waals surface area contributed by atoms with E-state index in [0.717, 1.165) is 51.1 Å². The van der Waals surface area contributed by atoms with Gasteiger partial charge >= 0.3 is 0 Å². The number of hydrogen-bond donors (Lipinski definition) is 2. The van der Waals surface area contributed by atoms with E-state index in [1.165, 1.54) is 0 Å². The van der Waals surface area contributed by atoms with Gasteiger partial charge in [-0.25, -0.2) is 9.97 Å². The van der Waals surface area contributed by atoms with Gasteiger partial charge in [0, 0.05) is 38.5 Å². The Kier molecular flexibility index (Phi) is 4.78. The highest BCUT2D eigenvalue weighted by Crippen LogP contribution is 2.27. The molecule has 1 aromatic rings. The summed E-state index contributed by atoms with van der Waals surface area (Å²) in [6, 6.07) is 0.311. The van der Waals surface area contributed by atoms with Crippen molar-refractivity contribution in [2.24, 2.45) is 0 Å². The van der Waals surface area contributed by atoms with Gasteiger partial charge < -0.3 is 15.5 Å². The normalized spacial score (nSPS) is 22.8. The number of amides is 1. The van der Waals surface area contributed by atoms with Crippen molar-refractivity contribution in [2.75, 3.05) is 31.5 Å². The lowest BCUT2D eigenvalue weighted by molar-refractivity contribution is -0.129. The van der Waals surface area contributed by atoms with Crippen LogP contribution in [0.3, 0.4) is 0 Å². The Labute approximate surface area is 135 Å². The van der Waals surface area contributed by atoms with Crippen LogP contribution in [0.4, 0.5) is 5.95 Å². The van der Waals surface area contributed by atoms with Gasteiger partial charge in [0.1, 0.15) is 0 Å². The quantitative estimate of drug-likeness (QED) is 0.884. The molecule has 0 spiro atoms. The number of halogens is 1. The number of anilines is 1. The summed E-state index contributed by atoms with van der Waals surface area (Å²) in [5.74, 6) is 1.17. The van der Waals surface area contributed by atoms with Gasteiger partial charge in [-0.3, -0.25) is 4.79 Å². The number of carbonyl (C=O) groups is 1. The predicted octanol–water partition coefficient (Wildman–Crippen LogP) is 1.63. The van der Waals surface area contributed by atoms with E-state index < -0.39 is 0 Å². The summed E-state index contributed by atoms with van der Waals surface area (Å²) in [4.78, 5) is 22.2. The molecule has 0 bridgehead atoms. The third-order valence-electron chi connectivity index (χ3n) is 4.49. The summed E-state index contributed by atoms with van der Waals surface area (Å²) in [6.45, 7) is 5.14. The molecular weight excluding hydrogens is 302 g/mol. The van der Waals surface area contributed by atoms with Crippen LogP contribution in [0.25, 0.3) is 0 Å². The number of aromatic nitrogens is 2. The van der Waals surface area contributed by atoms with Crippen LogP contribution in [0, 0.1) is 0 Å². The molecule has 22 heavy (non-hydrogen) atoms. The van der Waals surface area contributed by atoms with Crippen LogP contribution in [0.15, 0.2) is 6.20 Å². The molecule has 1 atom stereocenters. The first kappa shape index (κ1) is 15.5. The minimum atomic E-state index is 0.150. The van der Waals surface area contributed by atoms with E-state index in [-0.39, 0.29) is 5.91 Å². The van der Waals surface area contributed by atoms with Gasteiger partial charge in [0.2, 0.25) is 11.9 Å². The van der Waals surface area contributed by atoms with Crippen LogP contribution in [-0.2, 0) is 4.79 Å². The fourth-order valence-electron chi connectivity index (χ4n) is 3.15. The molecule has 120 valence electrons. The van der Waals surface area contributed by atoms with Crippen molar-refractivity contribution >= 4 is 23.5 Å². The van der Waals surface area contributed by atoms with Crippen LogP contribution >= 0.6 is 11.6 Å². The van der Waals surface area contributed by atoms with E-state index in [1.54, 1.807) is 13.1 Å². The highest BCUT2D eigenvalue weighted by molar-refractivity contribution is 6.31. The lowest BCUT2D eigenvalue weighted by Crippen LogP contribution is -2.41. The Morgan fingerprint density at radius 2 is 2.18 bits per heavy atom. The summed E-state index contributed by atoms with van der Waals surface area (Å²) in [7, 11) is 0. The van der Waals surface area contributed by atoms with Gasteiger partial charge in [-0.1, -0.05) is 11.6 Å². The molecule has 0 aliphatic carbocycles. The number of rotatable bonds is 3. The molecule has 2 fully saturated rings. The monoisotopic (exact) mass is 323 g/mol. The lowest BCUT2D eigenvalue weighted by atomic mass is 10.0. The zero-order chi connectivity index (χ0) is 15.5. The highest BCUT2D eigenvalue weighted by atomic mass is 35.5. The topological polar surface area (TPSA) is 70.2 Å². The number of nitrogens with zero attached hydrogens (tertiary/aromatic N) is 3. The van der Waals surface area contributed by atoms with Crippen molar-refractivity contribution in [3.8, 4) is 0 Å². The maximum absolute atomic E-state index is 11.4. The number of hydrogen-bond acceptors (Lipinski definition) is 5. The number of piperidine rings is 1. The number of likely N-dealkylation sites (tertiary alicyclic amines) is 1. The van der Waals surface area contributed by atoms with Crippen molar-refractivity contribution in [3.63, 3.8) is 0 Å². The first-order valence-corrected chi connectivity index (χ1v) is 8.26. The molecule has 1 amide bonds. The van der Waals surface area contributed by atoms with Crippen LogP contribution in [0.5, 0.6) is 0 Å². The Hall–Kier alpha value is -1.40. The summed E-state index contributed by atoms with van der Waals surface area (Å²) >= 11 is 6.25. The van der Waals surface area contributed by atoms with Gasteiger partial charge in [0.25, 0.3) is 0 Å². The molecule has 0 aromatic carbocycles. The van der Waals surface area contributed by atoms with Gasteiger partial charge in [-0.05, 0) is 25.8 Å². The van der Waals surface area contributed by atoms with Crippen LogP contribution in [-0.4, -0.2) is 53.0 Å². The summed E-state index contributed by atoms with van der Waals surface area (Å²) in [6.07, 6.45) is 4.60. The molecule has 0 saturated carbocycles. The lowest BCUT2D eigenvalue weighted by Gasteiger charge is -2.31. The molecule has 1 unspecified atom stereocenters. The van der Waals surface area contributed by atoms with Crippen molar-refractivity contribution < 1.29 is 4.79 Å². The molecule has 6 nitrogen and oxygen atoms in total. The highest BCUT2D eigenvalue weighted by Gasteiger charge is 2.24. The minimum Gasteiger partial charge on any atom is -0.351 e. The Bertz CT molecular complexity index is 539. The average Bonchev–Trinajstić information content (AvgIpc) is 3.04. The second kappa shape index (κ2) is 6.79. The van der Waals surface area contributed by atoms with Crippen LogP contribution in [0.1, 0.15) is 37.8 Å². The van der Waals surface area contributed by atoms with Crippen molar-refractivity contribution in [2.45, 2.75) is 38.1 Å². The Balaban J connectivity index is 1.63. The summed E-state index contributed by atoms with van der Waals surface area (Å²) in [5.41, 5.74) is 0.935. The fraction of sp³-hybridized carbons (Fsp3) is 0.667. The minimum absolute atomic E-state index is 0.150. The zero-order valence-corrected chi connectivity index (χ0v) is 13.6. The van der Waals surface area contributed by atoms with E-state index in [4.69, 9.17) is 11.6 Å². The number of nitrogens with one attached hydrogen (secondary N) is 2. The summed E-state index contributed by atoms with van der Waals surface area (Å²) < 4.78 is 0. The molecule has 2 aliphatic rings. The first-order valence-electron chi connectivity index (χ1n) is 7.88. The molecule has 2 saturated heterocycles. The molecule has 3 heterocycles. The second-order valence-electron chi connectivity index (χ2n) is 6.04. The second-order valence-corrected chi connectivity index (χ2v) is 6.45. The van der Waals surface area contributed by atoms with Gasteiger partial charge in [-0.2, -0.15) is 0 Å². The Morgan fingerprint density at radius 3 is 2.82 bits per heavy atom. The molecular formula is C15H22ClN5O. The number of carbonyl (C=O) groups excluding carboxylic acids is 1. The first-order chi connectivity index (χ1) is 10.6. The SMILES string of the molecule is CC(=O)N1CCC(Nc2ncc(Cl)c(C3CCNC3)n2)CC1. The molecule has 0 radical (unpaired) electrons. The van der Waals surface area contributed by atoms with E-state index in [9.17, 15) is 4.79 Å². The fourth-order valence-corrected chi connectivity index (χ4v) is 3.39. The van der Waals surface area contributed by atoms with Crippen molar-refractivity contribution in [1.82, 2.24) is 20.2 Å². The maximum atomic E-state index is 11.4. The van der Waals surface area contributed by atoms with E-state index in [2.05, 4.69) is 20.6 Å². The average molecular weight is 324 g/mol. The van der Waals surface area contributed by atoms with E-state index in [1.807, 2.05) is 4.90 Å². The largest absolute Gasteiger partial charge is 0.351 e. The summed E-state index contributed by atoms with van der Waals surface area (Å²) in [5, 5.41) is 7.37. The zero-order valence-electron chi connectivity index (χ0n) is 12.8. The maximum Gasteiger partial charge on any atom is 0.223 e. The van der Waals surface area contributed by atoms with Crippen LogP contribution < -0.4 is 10.6 Å². The predicted molar refractivity (Wildman–Crippen MR) is 86.2 cm³/mol.